The molecular weight excluding hydrogens is 164 g/mol. The van der Waals surface area contributed by atoms with Crippen LogP contribution in [0, 0.1) is 0 Å². The van der Waals surface area contributed by atoms with Crippen molar-refractivity contribution in [3.05, 3.63) is 0 Å². The molecule has 0 radical (unpaired) electrons. The van der Waals surface area contributed by atoms with Gasteiger partial charge >= 0.3 is 0 Å². The second-order valence-corrected chi connectivity index (χ2v) is 2.68. The van der Waals surface area contributed by atoms with Crippen molar-refractivity contribution >= 4 is 0 Å². The predicted molar refractivity (Wildman–Crippen MR) is 41.6 cm³/mol. The predicted octanol–water partition coefficient (Wildman–Crippen LogP) is -1.90. The van der Waals surface area contributed by atoms with Crippen LogP contribution in [0.1, 0.15) is 6.92 Å². The molecule has 0 aromatic rings. The molecule has 0 bridgehead atoms. The second-order valence-electron chi connectivity index (χ2n) is 2.68. The number of aliphatic hydroxyl groups excluding tert-OH is 4. The Labute approximate surface area is 71.2 Å². The van der Waals surface area contributed by atoms with Gasteiger partial charge in [-0.2, -0.15) is 0 Å². The Bertz CT molecular complexity index is 106. The van der Waals surface area contributed by atoms with Crippen LogP contribution >= 0.6 is 0 Å². The average Bonchev–Trinajstić information content (AvgIpc) is 2.03. The molecule has 0 aromatic carbocycles. The summed E-state index contributed by atoms with van der Waals surface area (Å²) in [6.07, 6.45) is -2.72. The lowest BCUT2D eigenvalue weighted by molar-refractivity contribution is -0.0567. The van der Waals surface area contributed by atoms with Crippen molar-refractivity contribution in [1.82, 2.24) is 0 Å². The molecule has 74 valence electrons. The van der Waals surface area contributed by atoms with Gasteiger partial charge in [0.1, 0.15) is 12.2 Å². The van der Waals surface area contributed by atoms with Gasteiger partial charge < -0.3 is 25.2 Å². The van der Waals surface area contributed by atoms with Crippen LogP contribution in [-0.4, -0.2) is 58.6 Å². The molecule has 12 heavy (non-hydrogen) atoms. The number of hydrogen-bond acceptors (Lipinski definition) is 5. The largest absolute Gasteiger partial charge is 0.394 e. The highest BCUT2D eigenvalue weighted by Gasteiger charge is 2.11. The molecule has 0 saturated carbocycles. The molecule has 0 aliphatic heterocycles. The molecule has 0 amide bonds. The van der Waals surface area contributed by atoms with E-state index in [2.05, 4.69) is 0 Å². The van der Waals surface area contributed by atoms with Gasteiger partial charge in [0.25, 0.3) is 0 Å². The zero-order valence-corrected chi connectivity index (χ0v) is 7.05. The second kappa shape index (κ2) is 6.33. The van der Waals surface area contributed by atoms with Gasteiger partial charge in [0, 0.05) is 0 Å². The van der Waals surface area contributed by atoms with Gasteiger partial charge in [-0.1, -0.05) is 0 Å². The molecule has 5 heteroatoms. The molecule has 0 spiro atoms. The third kappa shape index (κ3) is 5.45. The zero-order valence-electron chi connectivity index (χ0n) is 7.05. The van der Waals surface area contributed by atoms with Gasteiger partial charge in [-0.15, -0.1) is 0 Å². The van der Waals surface area contributed by atoms with E-state index < -0.39 is 18.3 Å². The molecule has 4 N–H and O–H groups in total. The van der Waals surface area contributed by atoms with E-state index in [-0.39, 0.29) is 19.8 Å². The minimum absolute atomic E-state index is 0.0414. The van der Waals surface area contributed by atoms with Crippen molar-refractivity contribution in [2.24, 2.45) is 0 Å². The fourth-order valence-electron chi connectivity index (χ4n) is 0.517. The lowest BCUT2D eigenvalue weighted by Gasteiger charge is -2.14. The van der Waals surface area contributed by atoms with Crippen molar-refractivity contribution < 1.29 is 25.2 Å². The quantitative estimate of drug-likeness (QED) is 0.383. The van der Waals surface area contributed by atoms with Crippen LogP contribution in [0.25, 0.3) is 0 Å². The van der Waals surface area contributed by atoms with Crippen LogP contribution in [0.4, 0.5) is 0 Å². The molecule has 0 fully saturated rings. The molecule has 5 nitrogen and oxygen atoms in total. The Hall–Kier alpha value is -0.200. The first-order chi connectivity index (χ1) is 5.57. The van der Waals surface area contributed by atoms with Gasteiger partial charge in [0.05, 0.1) is 25.9 Å². The molecule has 3 atom stereocenters. The van der Waals surface area contributed by atoms with E-state index in [4.69, 9.17) is 25.2 Å². The smallest absolute Gasteiger partial charge is 0.103 e. The normalized spacial score (nSPS) is 18.8. The van der Waals surface area contributed by atoms with E-state index in [1.54, 1.807) is 0 Å². The zero-order chi connectivity index (χ0) is 9.56. The first-order valence-electron chi connectivity index (χ1n) is 3.80. The lowest BCUT2D eigenvalue weighted by atomic mass is 10.2. The van der Waals surface area contributed by atoms with Crippen molar-refractivity contribution in [3.8, 4) is 0 Å². The first kappa shape index (κ1) is 11.8. The van der Waals surface area contributed by atoms with Gasteiger partial charge in [-0.25, -0.2) is 0 Å². The third-order valence-corrected chi connectivity index (χ3v) is 1.37. The average molecular weight is 180 g/mol. The highest BCUT2D eigenvalue weighted by Crippen LogP contribution is 1.93. The maximum absolute atomic E-state index is 8.99. The van der Waals surface area contributed by atoms with Crippen LogP contribution < -0.4 is 0 Å². The van der Waals surface area contributed by atoms with Crippen LogP contribution in [0.3, 0.4) is 0 Å². The van der Waals surface area contributed by atoms with Crippen LogP contribution in [0.5, 0.6) is 0 Å². The monoisotopic (exact) mass is 180 g/mol. The lowest BCUT2D eigenvalue weighted by Crippen LogP contribution is -2.30. The molecule has 3 unspecified atom stereocenters. The first-order valence-corrected chi connectivity index (χ1v) is 3.80. The minimum Gasteiger partial charge on any atom is -0.394 e. The highest BCUT2D eigenvalue weighted by atomic mass is 16.5. The Kier molecular flexibility index (Phi) is 6.23. The maximum atomic E-state index is 8.99. The molecule has 0 heterocycles. The summed E-state index contributed by atoms with van der Waals surface area (Å²) in [4.78, 5) is 0. The molecule has 0 rings (SSSR count). The van der Waals surface area contributed by atoms with E-state index in [9.17, 15) is 0 Å². The van der Waals surface area contributed by atoms with Gasteiger partial charge in [0.15, 0.2) is 0 Å². The summed E-state index contributed by atoms with van der Waals surface area (Å²) >= 11 is 0. The maximum Gasteiger partial charge on any atom is 0.103 e. The standard InChI is InChI=1S/C7H16O5/c1-5(9)7(11)4-12-3-6(10)2-8/h5-11H,2-4H2,1H3. The topological polar surface area (TPSA) is 90.2 Å². The summed E-state index contributed by atoms with van der Waals surface area (Å²) in [6, 6.07) is 0. The molecule has 0 saturated heterocycles. The van der Waals surface area contributed by atoms with Gasteiger partial charge in [0.2, 0.25) is 0 Å². The summed E-state index contributed by atoms with van der Waals surface area (Å²) in [5.41, 5.74) is 0. The number of rotatable bonds is 6. The van der Waals surface area contributed by atoms with Crippen molar-refractivity contribution in [1.29, 1.82) is 0 Å². The van der Waals surface area contributed by atoms with E-state index in [0.29, 0.717) is 0 Å². The van der Waals surface area contributed by atoms with Gasteiger partial charge in [-0.3, -0.25) is 0 Å². The summed E-state index contributed by atoms with van der Waals surface area (Å²) in [7, 11) is 0. The van der Waals surface area contributed by atoms with E-state index in [1.165, 1.54) is 6.92 Å². The van der Waals surface area contributed by atoms with Crippen LogP contribution in [-0.2, 0) is 4.74 Å². The highest BCUT2D eigenvalue weighted by molar-refractivity contribution is 4.60. The van der Waals surface area contributed by atoms with Crippen LogP contribution in [0.2, 0.25) is 0 Å². The number of aliphatic hydroxyl groups is 4. The molecular formula is C7H16O5. The SMILES string of the molecule is CC(O)C(O)COCC(O)CO. The molecule has 0 aliphatic carbocycles. The molecule has 0 aromatic heterocycles. The van der Waals surface area contributed by atoms with E-state index in [0.717, 1.165) is 0 Å². The van der Waals surface area contributed by atoms with E-state index in [1.807, 2.05) is 0 Å². The Morgan fingerprint density at radius 2 is 1.75 bits per heavy atom. The Balaban J connectivity index is 3.30. The third-order valence-electron chi connectivity index (χ3n) is 1.37. The Morgan fingerprint density at radius 1 is 1.17 bits per heavy atom. The summed E-state index contributed by atoms with van der Waals surface area (Å²) < 4.78 is 4.79. The summed E-state index contributed by atoms with van der Waals surface area (Å²) in [6.45, 7) is 0.982. The fourth-order valence-corrected chi connectivity index (χ4v) is 0.517. The minimum atomic E-state index is -0.948. The van der Waals surface area contributed by atoms with Crippen molar-refractivity contribution in [2.45, 2.75) is 25.2 Å². The van der Waals surface area contributed by atoms with Crippen molar-refractivity contribution in [2.75, 3.05) is 19.8 Å². The summed E-state index contributed by atoms with van der Waals surface area (Å²) in [5, 5.41) is 35.0. The summed E-state index contributed by atoms with van der Waals surface area (Å²) in [5.74, 6) is 0. The fraction of sp³-hybridized carbons (Fsp3) is 1.00. The van der Waals surface area contributed by atoms with Crippen LogP contribution in [0.15, 0.2) is 0 Å². The molecule has 0 aliphatic rings. The Morgan fingerprint density at radius 3 is 2.17 bits per heavy atom. The number of hydrogen-bond donors (Lipinski definition) is 4. The van der Waals surface area contributed by atoms with E-state index >= 15 is 0 Å². The number of ether oxygens (including phenoxy) is 1. The van der Waals surface area contributed by atoms with Crippen molar-refractivity contribution in [3.63, 3.8) is 0 Å². The van der Waals surface area contributed by atoms with Gasteiger partial charge in [-0.05, 0) is 6.92 Å².